The topological polar surface area (TPSA) is 30.5 Å². The van der Waals surface area contributed by atoms with E-state index in [-0.39, 0.29) is 0 Å². The summed E-state index contributed by atoms with van der Waals surface area (Å²) in [6.07, 6.45) is 8.14. The molecule has 2 aliphatic rings. The highest BCUT2D eigenvalue weighted by molar-refractivity contribution is 4.85. The fraction of sp³-hybridized carbons (Fsp3) is 1.00. The number of rotatable bonds is 7. The van der Waals surface area contributed by atoms with E-state index in [9.17, 15) is 0 Å². The zero-order chi connectivity index (χ0) is 12.0. The minimum Gasteiger partial charge on any atom is -0.381 e. The summed E-state index contributed by atoms with van der Waals surface area (Å²) in [4.78, 5) is 0. The Bertz CT molecular complexity index is 208. The molecule has 0 bridgehead atoms. The van der Waals surface area contributed by atoms with Gasteiger partial charge in [-0.3, -0.25) is 0 Å². The van der Waals surface area contributed by atoms with Crippen molar-refractivity contribution in [1.29, 1.82) is 0 Å². The molecule has 2 unspecified atom stereocenters. The molecule has 2 saturated heterocycles. The molecule has 1 N–H and O–H groups in total. The first-order chi connectivity index (χ1) is 8.35. The summed E-state index contributed by atoms with van der Waals surface area (Å²) in [5.74, 6) is 0. The van der Waals surface area contributed by atoms with Gasteiger partial charge in [0.2, 0.25) is 0 Å². The lowest BCUT2D eigenvalue weighted by molar-refractivity contribution is 0.0939. The van der Waals surface area contributed by atoms with Crippen LogP contribution in [-0.4, -0.2) is 39.0 Å². The Balaban J connectivity index is 1.69. The van der Waals surface area contributed by atoms with E-state index in [4.69, 9.17) is 9.47 Å². The Kier molecular flexibility index (Phi) is 5.26. The lowest BCUT2D eigenvalue weighted by Gasteiger charge is -2.28. The van der Waals surface area contributed by atoms with Crippen molar-refractivity contribution in [2.24, 2.45) is 5.41 Å². The van der Waals surface area contributed by atoms with Gasteiger partial charge in [-0.2, -0.15) is 0 Å². The molecule has 0 aromatic heterocycles. The first-order valence-corrected chi connectivity index (χ1v) is 7.25. The zero-order valence-corrected chi connectivity index (χ0v) is 11.2. The van der Waals surface area contributed by atoms with Crippen LogP contribution in [0.15, 0.2) is 0 Å². The molecule has 0 aromatic carbocycles. The van der Waals surface area contributed by atoms with Gasteiger partial charge in [-0.15, -0.1) is 0 Å². The molecule has 0 spiro atoms. The van der Waals surface area contributed by atoms with Crippen LogP contribution >= 0.6 is 0 Å². The van der Waals surface area contributed by atoms with Gasteiger partial charge in [-0.05, 0) is 38.6 Å². The number of nitrogens with one attached hydrogen (secondary N) is 1. The van der Waals surface area contributed by atoms with Gasteiger partial charge in [0.15, 0.2) is 0 Å². The highest BCUT2D eigenvalue weighted by atomic mass is 16.5. The third-order valence-electron chi connectivity index (χ3n) is 4.19. The molecule has 2 atom stereocenters. The van der Waals surface area contributed by atoms with Crippen molar-refractivity contribution < 1.29 is 9.47 Å². The minimum absolute atomic E-state index is 0.411. The average molecular weight is 241 g/mol. The van der Waals surface area contributed by atoms with Crippen molar-refractivity contribution in [3.63, 3.8) is 0 Å². The van der Waals surface area contributed by atoms with Crippen molar-refractivity contribution in [3.8, 4) is 0 Å². The number of ether oxygens (including phenoxy) is 2. The molecule has 3 heteroatoms. The summed E-state index contributed by atoms with van der Waals surface area (Å²) in [5, 5.41) is 3.50. The van der Waals surface area contributed by atoms with Crippen LogP contribution in [0.4, 0.5) is 0 Å². The predicted octanol–water partition coefficient (Wildman–Crippen LogP) is 2.35. The second kappa shape index (κ2) is 6.72. The molecule has 2 rings (SSSR count). The third kappa shape index (κ3) is 3.94. The van der Waals surface area contributed by atoms with E-state index in [1.807, 2.05) is 0 Å². The summed E-state index contributed by atoms with van der Waals surface area (Å²) < 4.78 is 11.3. The Hall–Kier alpha value is -0.120. The molecule has 17 heavy (non-hydrogen) atoms. The molecule has 2 fully saturated rings. The van der Waals surface area contributed by atoms with Gasteiger partial charge in [0, 0.05) is 25.2 Å². The Morgan fingerprint density at radius 2 is 2.29 bits per heavy atom. The van der Waals surface area contributed by atoms with Crippen molar-refractivity contribution in [2.75, 3.05) is 32.9 Å². The lowest BCUT2D eigenvalue weighted by Crippen LogP contribution is -2.35. The zero-order valence-electron chi connectivity index (χ0n) is 11.2. The van der Waals surface area contributed by atoms with Crippen LogP contribution in [-0.2, 0) is 9.47 Å². The third-order valence-corrected chi connectivity index (χ3v) is 4.19. The molecule has 100 valence electrons. The van der Waals surface area contributed by atoms with Crippen LogP contribution in [0.5, 0.6) is 0 Å². The minimum atomic E-state index is 0.411. The van der Waals surface area contributed by atoms with E-state index in [1.54, 1.807) is 0 Å². The Morgan fingerprint density at radius 1 is 1.35 bits per heavy atom. The Morgan fingerprint density at radius 3 is 2.94 bits per heavy atom. The van der Waals surface area contributed by atoms with Gasteiger partial charge >= 0.3 is 0 Å². The van der Waals surface area contributed by atoms with Crippen molar-refractivity contribution in [1.82, 2.24) is 5.32 Å². The van der Waals surface area contributed by atoms with Gasteiger partial charge in [0.1, 0.15) is 0 Å². The highest BCUT2D eigenvalue weighted by Crippen LogP contribution is 2.34. The van der Waals surface area contributed by atoms with E-state index in [0.717, 1.165) is 32.9 Å². The van der Waals surface area contributed by atoms with Gasteiger partial charge < -0.3 is 14.8 Å². The molecular formula is C14H27NO2. The van der Waals surface area contributed by atoms with E-state index < -0.39 is 0 Å². The van der Waals surface area contributed by atoms with Crippen molar-refractivity contribution >= 4 is 0 Å². The maximum Gasteiger partial charge on any atom is 0.0576 e. The first-order valence-electron chi connectivity index (χ1n) is 7.25. The maximum absolute atomic E-state index is 5.68. The average Bonchev–Trinajstić information content (AvgIpc) is 2.99. The van der Waals surface area contributed by atoms with Crippen LogP contribution in [0.1, 0.15) is 45.4 Å². The van der Waals surface area contributed by atoms with E-state index >= 15 is 0 Å². The summed E-state index contributed by atoms with van der Waals surface area (Å²) in [7, 11) is 0. The number of hydrogen-bond acceptors (Lipinski definition) is 3. The maximum atomic E-state index is 5.68. The van der Waals surface area contributed by atoms with Crippen molar-refractivity contribution in [3.05, 3.63) is 0 Å². The van der Waals surface area contributed by atoms with E-state index in [0.29, 0.717) is 11.5 Å². The van der Waals surface area contributed by atoms with Gasteiger partial charge in [0.25, 0.3) is 0 Å². The summed E-state index contributed by atoms with van der Waals surface area (Å²) in [6, 6.07) is 0. The summed E-state index contributed by atoms with van der Waals surface area (Å²) in [5.41, 5.74) is 0.411. The molecule has 0 aliphatic carbocycles. The summed E-state index contributed by atoms with van der Waals surface area (Å²) >= 11 is 0. The number of hydrogen-bond donors (Lipinski definition) is 1. The first kappa shape index (κ1) is 13.3. The summed E-state index contributed by atoms with van der Waals surface area (Å²) in [6.45, 7) is 7.24. The lowest BCUT2D eigenvalue weighted by atomic mass is 9.81. The van der Waals surface area contributed by atoms with Crippen LogP contribution in [0.2, 0.25) is 0 Å². The van der Waals surface area contributed by atoms with E-state index in [2.05, 4.69) is 12.2 Å². The fourth-order valence-corrected chi connectivity index (χ4v) is 3.04. The monoisotopic (exact) mass is 241 g/mol. The van der Waals surface area contributed by atoms with Crippen LogP contribution < -0.4 is 5.32 Å². The molecule has 2 aliphatic heterocycles. The molecule has 0 saturated carbocycles. The normalized spacial score (nSPS) is 33.4. The van der Waals surface area contributed by atoms with Gasteiger partial charge in [-0.25, -0.2) is 0 Å². The highest BCUT2D eigenvalue weighted by Gasteiger charge is 2.34. The molecule has 0 amide bonds. The van der Waals surface area contributed by atoms with Crippen molar-refractivity contribution in [2.45, 2.75) is 51.6 Å². The molecule has 2 heterocycles. The molecular weight excluding hydrogens is 214 g/mol. The fourth-order valence-electron chi connectivity index (χ4n) is 3.04. The second-order valence-electron chi connectivity index (χ2n) is 5.61. The van der Waals surface area contributed by atoms with E-state index in [1.165, 1.54) is 38.5 Å². The quantitative estimate of drug-likeness (QED) is 0.742. The van der Waals surface area contributed by atoms with Crippen LogP contribution in [0, 0.1) is 5.41 Å². The molecule has 0 radical (unpaired) electrons. The molecule has 0 aromatic rings. The molecule has 3 nitrogen and oxygen atoms in total. The van der Waals surface area contributed by atoms with Crippen LogP contribution in [0.25, 0.3) is 0 Å². The SMILES string of the molecule is CCNCC1(CCCC2CCCO2)CCOC1. The smallest absolute Gasteiger partial charge is 0.0576 e. The van der Waals surface area contributed by atoms with Gasteiger partial charge in [-0.1, -0.05) is 13.3 Å². The van der Waals surface area contributed by atoms with Crippen LogP contribution in [0.3, 0.4) is 0 Å². The predicted molar refractivity (Wildman–Crippen MR) is 69.2 cm³/mol. The van der Waals surface area contributed by atoms with Gasteiger partial charge in [0.05, 0.1) is 12.7 Å². The Labute approximate surface area is 105 Å². The largest absolute Gasteiger partial charge is 0.381 e. The standard InChI is InChI=1S/C14H27NO2/c1-2-15-11-14(8-10-16-12-14)7-3-5-13-6-4-9-17-13/h13,15H,2-12H2,1H3. The second-order valence-corrected chi connectivity index (χ2v) is 5.61.